The number of aliphatic hydroxyl groups is 1. The summed E-state index contributed by atoms with van der Waals surface area (Å²) in [6.45, 7) is 4.75. The van der Waals surface area contributed by atoms with E-state index in [2.05, 4.69) is 13.8 Å². The highest BCUT2D eigenvalue weighted by atomic mass is 16.6. The molecular formula is C31H54O6. The van der Waals surface area contributed by atoms with Crippen molar-refractivity contribution in [2.45, 2.75) is 161 Å². The van der Waals surface area contributed by atoms with E-state index in [1.54, 1.807) is 0 Å². The minimum absolute atomic E-state index is 0.210. The smallest absolute Gasteiger partial charge is 0.346 e. The summed E-state index contributed by atoms with van der Waals surface area (Å²) >= 11 is 0. The van der Waals surface area contributed by atoms with Crippen LogP contribution in [-0.2, 0) is 23.9 Å². The number of carbonyl (C=O) groups excluding carboxylic acids is 3. The molecular weight excluding hydrogens is 468 g/mol. The van der Waals surface area contributed by atoms with Crippen LogP contribution in [0.5, 0.6) is 0 Å². The Morgan fingerprint density at radius 3 is 1.62 bits per heavy atom. The summed E-state index contributed by atoms with van der Waals surface area (Å²) in [5.41, 5.74) is -0.288. The van der Waals surface area contributed by atoms with Gasteiger partial charge in [0.15, 0.2) is 17.6 Å². The van der Waals surface area contributed by atoms with E-state index in [0.29, 0.717) is 13.0 Å². The van der Waals surface area contributed by atoms with E-state index < -0.39 is 29.6 Å². The number of ketones is 1. The summed E-state index contributed by atoms with van der Waals surface area (Å²) in [6.07, 6.45) is 22.5. The summed E-state index contributed by atoms with van der Waals surface area (Å²) in [5.74, 6) is -2.18. The van der Waals surface area contributed by atoms with Gasteiger partial charge in [0.1, 0.15) is 5.57 Å². The van der Waals surface area contributed by atoms with Gasteiger partial charge in [-0.2, -0.15) is 0 Å². The Morgan fingerprint density at radius 2 is 1.14 bits per heavy atom. The van der Waals surface area contributed by atoms with Crippen molar-refractivity contribution in [3.63, 3.8) is 0 Å². The molecule has 1 rings (SSSR count). The van der Waals surface area contributed by atoms with Gasteiger partial charge in [-0.25, -0.2) is 4.79 Å². The highest BCUT2D eigenvalue weighted by Gasteiger charge is 2.39. The molecule has 0 saturated heterocycles. The molecule has 1 aliphatic heterocycles. The van der Waals surface area contributed by atoms with Gasteiger partial charge in [0.05, 0.1) is 13.0 Å². The molecule has 6 heteroatoms. The number of rotatable bonds is 25. The van der Waals surface area contributed by atoms with Crippen LogP contribution in [-0.4, -0.2) is 35.5 Å². The molecule has 1 aliphatic rings. The SMILES string of the molecule is CCCCCCCCCCCCCCCC(=O)C1=C(O)[C@@H](CC(=O)OCCCCCCCCC)OC1=O. The van der Waals surface area contributed by atoms with Crippen LogP contribution in [0.1, 0.15) is 155 Å². The molecule has 6 nitrogen and oxygen atoms in total. The number of Topliss-reactive ketones (excluding diaryl/α,β-unsaturated/α-hetero) is 1. The van der Waals surface area contributed by atoms with Crippen molar-refractivity contribution in [3.05, 3.63) is 11.3 Å². The highest BCUT2D eigenvalue weighted by Crippen LogP contribution is 2.26. The molecule has 0 aromatic carbocycles. The number of esters is 2. The average molecular weight is 523 g/mol. The fourth-order valence-electron chi connectivity index (χ4n) is 4.79. The average Bonchev–Trinajstić information content (AvgIpc) is 3.15. The second-order valence-corrected chi connectivity index (χ2v) is 10.6. The summed E-state index contributed by atoms with van der Waals surface area (Å²) < 4.78 is 10.3. The van der Waals surface area contributed by atoms with Crippen molar-refractivity contribution >= 4 is 17.7 Å². The monoisotopic (exact) mass is 522 g/mol. The fraction of sp³-hybridized carbons (Fsp3) is 0.839. The van der Waals surface area contributed by atoms with Crippen molar-refractivity contribution < 1.29 is 29.0 Å². The Hall–Kier alpha value is -1.85. The van der Waals surface area contributed by atoms with Gasteiger partial charge in [0.2, 0.25) is 0 Å². The summed E-state index contributed by atoms with van der Waals surface area (Å²) in [5, 5.41) is 10.4. The first-order valence-corrected chi connectivity index (χ1v) is 15.3. The van der Waals surface area contributed by atoms with E-state index in [9.17, 15) is 19.5 Å². The van der Waals surface area contributed by atoms with Crippen LogP contribution in [0.3, 0.4) is 0 Å². The molecule has 214 valence electrons. The van der Waals surface area contributed by atoms with E-state index in [1.807, 2.05) is 0 Å². The first kappa shape index (κ1) is 33.2. The molecule has 0 unspecified atom stereocenters. The zero-order valence-corrected chi connectivity index (χ0v) is 23.8. The number of aliphatic hydroxyl groups excluding tert-OH is 1. The molecule has 0 aliphatic carbocycles. The van der Waals surface area contributed by atoms with Crippen molar-refractivity contribution in [2.75, 3.05) is 6.61 Å². The van der Waals surface area contributed by atoms with Gasteiger partial charge in [-0.1, -0.05) is 129 Å². The fourth-order valence-corrected chi connectivity index (χ4v) is 4.79. The molecule has 0 saturated carbocycles. The third kappa shape index (κ3) is 15.9. The molecule has 1 N–H and O–H groups in total. The Balaban J connectivity index is 2.14. The van der Waals surface area contributed by atoms with Gasteiger partial charge in [-0.15, -0.1) is 0 Å². The lowest BCUT2D eigenvalue weighted by molar-refractivity contribution is -0.149. The third-order valence-electron chi connectivity index (χ3n) is 7.16. The molecule has 0 aromatic rings. The van der Waals surface area contributed by atoms with E-state index in [0.717, 1.165) is 32.1 Å². The molecule has 0 aromatic heterocycles. The quantitative estimate of drug-likeness (QED) is 0.0734. The van der Waals surface area contributed by atoms with Crippen LogP contribution in [0, 0.1) is 0 Å². The molecule has 0 radical (unpaired) electrons. The maximum absolute atomic E-state index is 12.5. The van der Waals surface area contributed by atoms with E-state index in [1.165, 1.54) is 89.9 Å². The van der Waals surface area contributed by atoms with Crippen LogP contribution in [0.2, 0.25) is 0 Å². The predicted octanol–water partition coefficient (Wildman–Crippen LogP) is 8.46. The first-order valence-electron chi connectivity index (χ1n) is 15.3. The number of unbranched alkanes of at least 4 members (excludes halogenated alkanes) is 18. The minimum Gasteiger partial charge on any atom is -0.507 e. The highest BCUT2D eigenvalue weighted by molar-refractivity contribution is 6.19. The molecule has 1 atom stereocenters. The summed E-state index contributed by atoms with van der Waals surface area (Å²) in [4.78, 5) is 36.7. The number of carbonyl (C=O) groups is 3. The van der Waals surface area contributed by atoms with Crippen LogP contribution < -0.4 is 0 Å². The topological polar surface area (TPSA) is 89.9 Å². The zero-order valence-electron chi connectivity index (χ0n) is 23.8. The van der Waals surface area contributed by atoms with Crippen LogP contribution in [0.4, 0.5) is 0 Å². The van der Waals surface area contributed by atoms with E-state index >= 15 is 0 Å². The first-order chi connectivity index (χ1) is 18.0. The van der Waals surface area contributed by atoms with Crippen LogP contribution in [0.25, 0.3) is 0 Å². The zero-order chi connectivity index (χ0) is 27.1. The molecule has 1 heterocycles. The summed E-state index contributed by atoms with van der Waals surface area (Å²) in [7, 11) is 0. The lowest BCUT2D eigenvalue weighted by Gasteiger charge is -2.10. The molecule has 37 heavy (non-hydrogen) atoms. The lowest BCUT2D eigenvalue weighted by Crippen LogP contribution is -2.19. The van der Waals surface area contributed by atoms with Crippen LogP contribution in [0.15, 0.2) is 11.3 Å². The standard InChI is InChI=1S/C31H54O6/c1-3-5-7-9-11-12-13-14-15-16-17-19-21-23-26(32)29-30(34)27(37-31(29)35)25-28(33)36-24-22-20-18-10-8-6-4-2/h27,34H,3-25H2,1-2H3/t27-/m1/s1. The second-order valence-electron chi connectivity index (χ2n) is 10.6. The van der Waals surface area contributed by atoms with Gasteiger partial charge < -0.3 is 14.6 Å². The van der Waals surface area contributed by atoms with Gasteiger partial charge in [0, 0.05) is 6.42 Å². The van der Waals surface area contributed by atoms with Crippen molar-refractivity contribution in [3.8, 4) is 0 Å². The number of cyclic esters (lactones) is 1. The normalized spacial score (nSPS) is 15.3. The number of hydrogen-bond donors (Lipinski definition) is 1. The Bertz CT molecular complexity index is 669. The van der Waals surface area contributed by atoms with Gasteiger partial charge in [0.25, 0.3) is 0 Å². The third-order valence-corrected chi connectivity index (χ3v) is 7.16. The van der Waals surface area contributed by atoms with Crippen molar-refractivity contribution in [1.29, 1.82) is 0 Å². The van der Waals surface area contributed by atoms with Crippen molar-refractivity contribution in [2.24, 2.45) is 0 Å². The maximum atomic E-state index is 12.5. The minimum atomic E-state index is -1.11. The van der Waals surface area contributed by atoms with Gasteiger partial charge >= 0.3 is 11.9 Å². The lowest BCUT2D eigenvalue weighted by atomic mass is 10.0. The molecule has 0 amide bonds. The van der Waals surface area contributed by atoms with Crippen LogP contribution >= 0.6 is 0 Å². The number of ether oxygens (including phenoxy) is 2. The Morgan fingerprint density at radius 1 is 0.703 bits per heavy atom. The Kier molecular flexibility index (Phi) is 19.9. The predicted molar refractivity (Wildman–Crippen MR) is 148 cm³/mol. The van der Waals surface area contributed by atoms with Gasteiger partial charge in [-0.3, -0.25) is 9.59 Å². The number of hydrogen-bond acceptors (Lipinski definition) is 6. The van der Waals surface area contributed by atoms with E-state index in [-0.39, 0.29) is 18.4 Å². The summed E-state index contributed by atoms with van der Waals surface area (Å²) in [6, 6.07) is 0. The largest absolute Gasteiger partial charge is 0.507 e. The van der Waals surface area contributed by atoms with Crippen molar-refractivity contribution in [1.82, 2.24) is 0 Å². The molecule has 0 bridgehead atoms. The molecule has 0 spiro atoms. The second kappa shape index (κ2) is 22.2. The maximum Gasteiger partial charge on any atom is 0.346 e. The van der Waals surface area contributed by atoms with E-state index in [4.69, 9.17) is 9.47 Å². The van der Waals surface area contributed by atoms with Gasteiger partial charge in [-0.05, 0) is 12.8 Å². The molecule has 0 fully saturated rings. The Labute approximate surface area is 225 Å².